The second-order valence-corrected chi connectivity index (χ2v) is 5.73. The molecular formula is C17H12F5N3O4. The van der Waals surface area contributed by atoms with Crippen LogP contribution in [0.4, 0.5) is 33.3 Å². The maximum atomic E-state index is 13.5. The molecule has 0 spiro atoms. The molecule has 1 aliphatic heterocycles. The van der Waals surface area contributed by atoms with Gasteiger partial charge in [-0.05, 0) is 24.3 Å². The largest absolute Gasteiger partial charge is 0.586 e. The van der Waals surface area contributed by atoms with Gasteiger partial charge >= 0.3 is 6.29 Å². The lowest BCUT2D eigenvalue weighted by atomic mass is 10.2. The van der Waals surface area contributed by atoms with Gasteiger partial charge in [-0.1, -0.05) is 0 Å². The highest BCUT2D eigenvalue weighted by atomic mass is 19.3. The number of carbonyl (C=O) groups excluding carboxylic acids is 2. The van der Waals surface area contributed by atoms with E-state index < -0.39 is 47.8 Å². The van der Waals surface area contributed by atoms with E-state index in [4.69, 9.17) is 0 Å². The summed E-state index contributed by atoms with van der Waals surface area (Å²) in [5.74, 6) is -6.63. The second-order valence-electron chi connectivity index (χ2n) is 5.73. The topological polar surface area (TPSA) is 88.7 Å². The van der Waals surface area contributed by atoms with Crippen LogP contribution >= 0.6 is 0 Å². The first kappa shape index (κ1) is 20.2. The number of rotatable bonds is 6. The zero-order valence-electron chi connectivity index (χ0n) is 14.3. The van der Waals surface area contributed by atoms with Crippen molar-refractivity contribution in [3.8, 4) is 11.5 Å². The Labute approximate surface area is 159 Å². The van der Waals surface area contributed by atoms with E-state index in [1.807, 2.05) is 5.32 Å². The second kappa shape index (κ2) is 7.81. The predicted octanol–water partition coefficient (Wildman–Crippen LogP) is 2.59. The highest BCUT2D eigenvalue weighted by Crippen LogP contribution is 2.42. The Bertz CT molecular complexity index is 970. The number of alkyl halides is 2. The van der Waals surface area contributed by atoms with E-state index in [2.05, 4.69) is 20.1 Å². The van der Waals surface area contributed by atoms with Crippen molar-refractivity contribution in [3.05, 3.63) is 47.8 Å². The van der Waals surface area contributed by atoms with Crippen molar-refractivity contribution in [2.45, 2.75) is 6.29 Å². The van der Waals surface area contributed by atoms with Crippen molar-refractivity contribution >= 4 is 23.2 Å². The van der Waals surface area contributed by atoms with E-state index in [1.165, 1.54) is 18.2 Å². The van der Waals surface area contributed by atoms with Crippen LogP contribution in [0.2, 0.25) is 0 Å². The summed E-state index contributed by atoms with van der Waals surface area (Å²) >= 11 is 0. The van der Waals surface area contributed by atoms with Crippen LogP contribution in [0.25, 0.3) is 0 Å². The molecule has 3 N–H and O–H groups in total. The lowest BCUT2D eigenvalue weighted by Gasteiger charge is -2.10. The van der Waals surface area contributed by atoms with Gasteiger partial charge in [0.25, 0.3) is 0 Å². The molecule has 2 aromatic rings. The fraction of sp³-hybridized carbons (Fsp3) is 0.176. The fourth-order valence-electron chi connectivity index (χ4n) is 2.30. The van der Waals surface area contributed by atoms with Crippen molar-refractivity contribution in [3.63, 3.8) is 0 Å². The summed E-state index contributed by atoms with van der Waals surface area (Å²) in [7, 11) is 0. The quantitative estimate of drug-likeness (QED) is 0.497. The molecule has 2 aromatic carbocycles. The van der Waals surface area contributed by atoms with E-state index in [1.54, 1.807) is 0 Å². The first-order chi connectivity index (χ1) is 13.6. The SMILES string of the molecule is O=C(CNc1ccc2c(c1)OC(F)(F)O2)NCC(=O)Nc1ccc(F)c(F)c1F. The van der Waals surface area contributed by atoms with E-state index in [-0.39, 0.29) is 23.7 Å². The number of ether oxygens (including phenoxy) is 2. The van der Waals surface area contributed by atoms with Gasteiger partial charge in [0.2, 0.25) is 11.8 Å². The Morgan fingerprint density at radius 1 is 0.897 bits per heavy atom. The Hall–Kier alpha value is -3.57. The molecule has 0 unspecified atom stereocenters. The standard InChI is InChI=1S/C17H12F5N3O4/c18-9-2-3-10(16(20)15(9)19)25-14(27)7-24-13(26)6-23-8-1-4-11-12(5-8)29-17(21,22)28-11/h1-5,23H,6-7H2,(H,24,26)(H,25,27). The van der Waals surface area contributed by atoms with Gasteiger partial charge in [-0.25, -0.2) is 13.2 Å². The maximum Gasteiger partial charge on any atom is 0.586 e. The van der Waals surface area contributed by atoms with Crippen molar-refractivity contribution in [2.75, 3.05) is 23.7 Å². The third kappa shape index (κ3) is 4.83. The lowest BCUT2D eigenvalue weighted by Crippen LogP contribution is -2.36. The Kier molecular flexibility index (Phi) is 5.43. The molecule has 0 saturated carbocycles. The summed E-state index contributed by atoms with van der Waals surface area (Å²) in [5, 5.41) is 6.81. The van der Waals surface area contributed by atoms with E-state index >= 15 is 0 Å². The first-order valence-electron chi connectivity index (χ1n) is 7.98. The highest BCUT2D eigenvalue weighted by molar-refractivity contribution is 5.95. The molecule has 0 aliphatic carbocycles. The third-order valence-electron chi connectivity index (χ3n) is 3.61. The minimum absolute atomic E-state index is 0.161. The number of amides is 2. The third-order valence-corrected chi connectivity index (χ3v) is 3.61. The van der Waals surface area contributed by atoms with Crippen LogP contribution in [0.15, 0.2) is 30.3 Å². The Balaban J connectivity index is 1.46. The molecule has 1 heterocycles. The number of nitrogens with one attached hydrogen (secondary N) is 3. The van der Waals surface area contributed by atoms with Gasteiger partial charge in [0, 0.05) is 11.8 Å². The van der Waals surface area contributed by atoms with Crippen molar-refractivity contribution in [1.82, 2.24) is 5.32 Å². The average Bonchev–Trinajstić information content (AvgIpc) is 2.98. The normalized spacial score (nSPS) is 13.7. The average molecular weight is 417 g/mol. The number of hydrogen-bond acceptors (Lipinski definition) is 5. The van der Waals surface area contributed by atoms with Gasteiger partial charge in [-0.15, -0.1) is 8.78 Å². The number of fused-ring (bicyclic) bond motifs is 1. The van der Waals surface area contributed by atoms with Crippen molar-refractivity contribution in [2.24, 2.45) is 0 Å². The van der Waals surface area contributed by atoms with E-state index in [0.717, 1.165) is 6.07 Å². The molecule has 0 radical (unpaired) electrons. The smallest absolute Gasteiger partial charge is 0.395 e. The van der Waals surface area contributed by atoms with Gasteiger partial charge in [-0.3, -0.25) is 9.59 Å². The van der Waals surface area contributed by atoms with Gasteiger partial charge < -0.3 is 25.4 Å². The number of halogens is 5. The predicted molar refractivity (Wildman–Crippen MR) is 89.1 cm³/mol. The van der Waals surface area contributed by atoms with Crippen LogP contribution in [-0.4, -0.2) is 31.2 Å². The van der Waals surface area contributed by atoms with Crippen LogP contribution < -0.4 is 25.4 Å². The Morgan fingerprint density at radius 3 is 2.38 bits per heavy atom. The summed E-state index contributed by atoms with van der Waals surface area (Å²) in [5.41, 5.74) is -0.313. The van der Waals surface area contributed by atoms with Crippen molar-refractivity contribution < 1.29 is 41.0 Å². The fourth-order valence-corrected chi connectivity index (χ4v) is 2.30. The first-order valence-corrected chi connectivity index (χ1v) is 7.98. The molecular weight excluding hydrogens is 405 g/mol. The monoisotopic (exact) mass is 417 g/mol. The molecule has 1 aliphatic rings. The van der Waals surface area contributed by atoms with Gasteiger partial charge in [0.1, 0.15) is 0 Å². The number of carbonyl (C=O) groups is 2. The number of hydrogen-bond donors (Lipinski definition) is 3. The minimum Gasteiger partial charge on any atom is -0.395 e. The van der Waals surface area contributed by atoms with Crippen LogP contribution in [0.5, 0.6) is 11.5 Å². The van der Waals surface area contributed by atoms with E-state index in [9.17, 15) is 31.5 Å². The minimum atomic E-state index is -3.77. The lowest BCUT2D eigenvalue weighted by molar-refractivity contribution is -0.286. The summed E-state index contributed by atoms with van der Waals surface area (Å²) < 4.78 is 73.8. The van der Waals surface area contributed by atoms with Crippen LogP contribution in [0, 0.1) is 17.5 Å². The molecule has 7 nitrogen and oxygen atoms in total. The molecule has 0 saturated heterocycles. The maximum absolute atomic E-state index is 13.5. The molecule has 154 valence electrons. The number of anilines is 2. The highest BCUT2D eigenvalue weighted by Gasteiger charge is 2.43. The summed E-state index contributed by atoms with van der Waals surface area (Å²) in [6, 6.07) is 5.26. The molecule has 2 amide bonds. The zero-order chi connectivity index (χ0) is 21.2. The van der Waals surface area contributed by atoms with Crippen LogP contribution in [0.3, 0.4) is 0 Å². The molecule has 0 bridgehead atoms. The van der Waals surface area contributed by atoms with E-state index in [0.29, 0.717) is 6.07 Å². The molecule has 0 aromatic heterocycles. The zero-order valence-corrected chi connectivity index (χ0v) is 14.3. The molecule has 12 heteroatoms. The van der Waals surface area contributed by atoms with Gasteiger partial charge in [-0.2, -0.15) is 0 Å². The molecule has 0 fully saturated rings. The summed E-state index contributed by atoms with van der Waals surface area (Å²) in [6.07, 6.45) is -3.77. The van der Waals surface area contributed by atoms with Crippen molar-refractivity contribution in [1.29, 1.82) is 0 Å². The summed E-state index contributed by atoms with van der Waals surface area (Å²) in [4.78, 5) is 23.5. The van der Waals surface area contributed by atoms with Crippen LogP contribution in [0.1, 0.15) is 0 Å². The molecule has 3 rings (SSSR count). The molecule has 29 heavy (non-hydrogen) atoms. The van der Waals surface area contributed by atoms with Gasteiger partial charge in [0.15, 0.2) is 29.0 Å². The van der Waals surface area contributed by atoms with Gasteiger partial charge in [0.05, 0.1) is 18.8 Å². The summed E-state index contributed by atoms with van der Waals surface area (Å²) in [6.45, 7) is -0.908. The Morgan fingerprint density at radius 2 is 1.62 bits per heavy atom. The number of benzene rings is 2. The molecule has 0 atom stereocenters. The van der Waals surface area contributed by atoms with Crippen LogP contribution in [-0.2, 0) is 9.59 Å².